The Morgan fingerprint density at radius 3 is 2.68 bits per heavy atom. The van der Waals surface area contributed by atoms with Gasteiger partial charge in [0.05, 0.1) is 22.9 Å². The first-order chi connectivity index (χ1) is 15.1. The molecule has 1 fully saturated rings. The molecule has 0 spiro atoms. The van der Waals surface area contributed by atoms with Gasteiger partial charge in [0, 0.05) is 28.9 Å². The lowest BCUT2D eigenvalue weighted by molar-refractivity contribution is 0.158. The van der Waals surface area contributed by atoms with Gasteiger partial charge >= 0.3 is 0 Å². The third kappa shape index (κ3) is 3.86. The highest BCUT2D eigenvalue weighted by Gasteiger charge is 2.18. The first kappa shape index (κ1) is 20.2. The summed E-state index contributed by atoms with van der Waals surface area (Å²) in [5.41, 5.74) is 0.854. The average Bonchev–Trinajstić information content (AvgIpc) is 3.31. The zero-order chi connectivity index (χ0) is 21.4. The molecule has 162 valence electrons. The summed E-state index contributed by atoms with van der Waals surface area (Å²) in [7, 11) is 1.66. The Hall–Kier alpha value is -2.70. The Morgan fingerprint density at radius 2 is 1.87 bits per heavy atom. The van der Waals surface area contributed by atoms with Crippen LogP contribution in [0, 0.1) is 5.92 Å². The van der Waals surface area contributed by atoms with E-state index in [-0.39, 0.29) is 5.88 Å². The van der Waals surface area contributed by atoms with Crippen LogP contribution in [0.5, 0.6) is 17.4 Å². The number of ether oxygens (including phenoxy) is 2. The SMILES string of the molecule is COc1ccc(-n2cc3sc4ccccc4c3c2O)cc1OCCN1CCC(C)CC1. The lowest BCUT2D eigenvalue weighted by Gasteiger charge is -2.30. The Labute approximate surface area is 186 Å². The van der Waals surface area contributed by atoms with Crippen molar-refractivity contribution >= 4 is 31.5 Å². The number of aromatic nitrogens is 1. The number of likely N-dealkylation sites (tertiary alicyclic amines) is 1. The van der Waals surface area contributed by atoms with Crippen LogP contribution in [0.3, 0.4) is 0 Å². The van der Waals surface area contributed by atoms with Gasteiger partial charge in [-0.15, -0.1) is 11.3 Å². The number of piperidine rings is 1. The molecule has 3 heterocycles. The molecule has 0 atom stereocenters. The molecule has 0 bridgehead atoms. The molecule has 0 aliphatic carbocycles. The monoisotopic (exact) mass is 436 g/mol. The summed E-state index contributed by atoms with van der Waals surface area (Å²) in [4.78, 5) is 2.47. The van der Waals surface area contributed by atoms with Crippen molar-refractivity contribution in [3.8, 4) is 23.1 Å². The second-order valence-corrected chi connectivity index (χ2v) is 9.45. The van der Waals surface area contributed by atoms with E-state index in [1.807, 2.05) is 41.1 Å². The van der Waals surface area contributed by atoms with E-state index in [9.17, 15) is 5.11 Å². The molecule has 2 aromatic heterocycles. The van der Waals surface area contributed by atoms with Gasteiger partial charge in [0.1, 0.15) is 6.61 Å². The van der Waals surface area contributed by atoms with Crippen molar-refractivity contribution in [1.82, 2.24) is 9.47 Å². The maximum atomic E-state index is 11.0. The molecule has 1 aliphatic rings. The third-order valence-electron chi connectivity index (χ3n) is 6.29. The number of rotatable bonds is 6. The normalized spacial score (nSPS) is 15.7. The van der Waals surface area contributed by atoms with Crippen molar-refractivity contribution in [1.29, 1.82) is 0 Å². The second kappa shape index (κ2) is 8.44. The van der Waals surface area contributed by atoms with E-state index in [2.05, 4.69) is 24.0 Å². The van der Waals surface area contributed by atoms with Crippen LogP contribution >= 0.6 is 11.3 Å². The van der Waals surface area contributed by atoms with Gasteiger partial charge in [-0.3, -0.25) is 9.47 Å². The van der Waals surface area contributed by atoms with Crippen molar-refractivity contribution in [3.05, 3.63) is 48.7 Å². The molecule has 0 unspecified atom stereocenters. The Kier molecular flexibility index (Phi) is 5.50. The number of fused-ring (bicyclic) bond motifs is 3. The number of nitrogens with zero attached hydrogens (tertiary/aromatic N) is 2. The molecule has 5 nitrogen and oxygen atoms in total. The Bertz CT molecular complexity index is 1200. The van der Waals surface area contributed by atoms with Crippen LogP contribution in [0.4, 0.5) is 0 Å². The molecule has 0 saturated carbocycles. The maximum absolute atomic E-state index is 11.0. The summed E-state index contributed by atoms with van der Waals surface area (Å²) >= 11 is 1.69. The standard InChI is InChI=1S/C25H28N2O3S/c1-17-9-11-26(12-10-17)13-14-30-21-15-18(7-8-20(21)29-2)27-16-23-24(25(27)28)19-5-3-4-6-22(19)31-23/h3-8,15-17,28H,9-14H2,1-2H3. The number of thiophene rings is 1. The molecule has 1 aliphatic heterocycles. The minimum atomic E-state index is 0.256. The molecule has 5 rings (SSSR count). The number of benzene rings is 2. The molecule has 4 aromatic rings. The fourth-order valence-corrected chi connectivity index (χ4v) is 5.51. The van der Waals surface area contributed by atoms with Crippen molar-refractivity contribution < 1.29 is 14.6 Å². The van der Waals surface area contributed by atoms with E-state index >= 15 is 0 Å². The van der Waals surface area contributed by atoms with E-state index in [0.717, 1.165) is 46.7 Å². The molecule has 1 N–H and O–H groups in total. The van der Waals surface area contributed by atoms with Crippen LogP contribution in [0.2, 0.25) is 0 Å². The van der Waals surface area contributed by atoms with Crippen LogP contribution in [0.25, 0.3) is 25.9 Å². The molecule has 1 saturated heterocycles. The van der Waals surface area contributed by atoms with Gasteiger partial charge in [-0.25, -0.2) is 0 Å². The number of hydrogen-bond donors (Lipinski definition) is 1. The minimum absolute atomic E-state index is 0.256. The fraction of sp³-hybridized carbons (Fsp3) is 0.360. The molecule has 31 heavy (non-hydrogen) atoms. The van der Waals surface area contributed by atoms with E-state index in [0.29, 0.717) is 18.1 Å². The second-order valence-electron chi connectivity index (χ2n) is 8.37. The summed E-state index contributed by atoms with van der Waals surface area (Å²) in [6.45, 7) is 6.14. The Balaban J connectivity index is 1.39. The van der Waals surface area contributed by atoms with E-state index in [1.165, 1.54) is 17.5 Å². The van der Waals surface area contributed by atoms with Gasteiger partial charge in [0.2, 0.25) is 5.88 Å². The summed E-state index contributed by atoms with van der Waals surface area (Å²) in [6.07, 6.45) is 4.52. The quantitative estimate of drug-likeness (QED) is 0.423. The van der Waals surface area contributed by atoms with Gasteiger partial charge < -0.3 is 14.6 Å². The van der Waals surface area contributed by atoms with Crippen molar-refractivity contribution in [2.24, 2.45) is 5.92 Å². The zero-order valence-corrected chi connectivity index (χ0v) is 18.8. The van der Waals surface area contributed by atoms with Crippen LogP contribution in [-0.2, 0) is 0 Å². The predicted molar refractivity (Wildman–Crippen MR) is 127 cm³/mol. The van der Waals surface area contributed by atoms with E-state index in [1.54, 1.807) is 18.4 Å². The largest absolute Gasteiger partial charge is 0.494 e. The van der Waals surface area contributed by atoms with Gasteiger partial charge in [-0.05, 0) is 50.0 Å². The highest BCUT2D eigenvalue weighted by molar-refractivity contribution is 7.25. The summed E-state index contributed by atoms with van der Waals surface area (Å²) < 4.78 is 15.7. The average molecular weight is 437 g/mol. The highest BCUT2D eigenvalue weighted by atomic mass is 32.1. The molecule has 0 amide bonds. The van der Waals surface area contributed by atoms with Gasteiger partial charge in [-0.1, -0.05) is 25.1 Å². The molecular weight excluding hydrogens is 408 g/mol. The highest BCUT2D eigenvalue weighted by Crippen LogP contribution is 2.42. The van der Waals surface area contributed by atoms with Crippen LogP contribution in [0.1, 0.15) is 19.8 Å². The predicted octanol–water partition coefficient (Wildman–Crippen LogP) is 5.67. The van der Waals surface area contributed by atoms with Gasteiger partial charge in [0.25, 0.3) is 0 Å². The van der Waals surface area contributed by atoms with Crippen molar-refractivity contribution in [2.75, 3.05) is 33.4 Å². The van der Waals surface area contributed by atoms with E-state index in [4.69, 9.17) is 9.47 Å². The van der Waals surface area contributed by atoms with E-state index < -0.39 is 0 Å². The first-order valence-electron chi connectivity index (χ1n) is 10.9. The molecule has 6 heteroatoms. The smallest absolute Gasteiger partial charge is 0.205 e. The van der Waals surface area contributed by atoms with Crippen LogP contribution < -0.4 is 9.47 Å². The summed E-state index contributed by atoms with van der Waals surface area (Å²) in [5.74, 6) is 2.49. The zero-order valence-electron chi connectivity index (χ0n) is 18.0. The topological polar surface area (TPSA) is 46.9 Å². The lowest BCUT2D eigenvalue weighted by Crippen LogP contribution is -2.35. The Morgan fingerprint density at radius 1 is 1.06 bits per heavy atom. The fourth-order valence-electron chi connectivity index (χ4n) is 4.38. The maximum Gasteiger partial charge on any atom is 0.205 e. The lowest BCUT2D eigenvalue weighted by atomic mass is 9.99. The van der Waals surface area contributed by atoms with Crippen molar-refractivity contribution in [3.63, 3.8) is 0 Å². The van der Waals surface area contributed by atoms with Crippen molar-refractivity contribution in [2.45, 2.75) is 19.8 Å². The van der Waals surface area contributed by atoms with Crippen LogP contribution in [-0.4, -0.2) is 47.9 Å². The van der Waals surface area contributed by atoms with Gasteiger partial charge in [-0.2, -0.15) is 0 Å². The number of hydrogen-bond acceptors (Lipinski definition) is 5. The summed E-state index contributed by atoms with van der Waals surface area (Å²) in [5, 5.41) is 13.0. The number of aromatic hydroxyl groups is 1. The van der Waals surface area contributed by atoms with Crippen LogP contribution in [0.15, 0.2) is 48.7 Å². The minimum Gasteiger partial charge on any atom is -0.494 e. The first-order valence-corrected chi connectivity index (χ1v) is 11.7. The van der Waals surface area contributed by atoms with Gasteiger partial charge in [0.15, 0.2) is 11.5 Å². The third-order valence-corrected chi connectivity index (χ3v) is 7.39. The number of methoxy groups -OCH3 is 1. The molecular formula is C25H28N2O3S. The molecule has 0 radical (unpaired) electrons. The molecule has 2 aromatic carbocycles. The summed E-state index contributed by atoms with van der Waals surface area (Å²) in [6, 6.07) is 14.0.